The first-order valence-corrected chi connectivity index (χ1v) is 6.35. The molecule has 0 aliphatic carbocycles. The third-order valence-corrected chi connectivity index (χ3v) is 2.51. The van der Waals surface area contributed by atoms with Crippen LogP contribution < -0.4 is 0 Å². The maximum Gasteiger partial charge on any atom is 0.0902 e. The Morgan fingerprint density at radius 2 is 0.700 bits per heavy atom. The number of hydrogen-bond acceptors (Lipinski definition) is 2. The monoisotopic (exact) mass is 264 g/mol. The second-order valence-corrected chi connectivity index (χ2v) is 3.93. The zero-order chi connectivity index (χ0) is 13.9. The van der Waals surface area contributed by atoms with Crippen LogP contribution in [0.1, 0.15) is 0 Å². The Bertz CT molecular complexity index is 541. The van der Waals surface area contributed by atoms with Gasteiger partial charge in [0.25, 0.3) is 0 Å². The summed E-state index contributed by atoms with van der Waals surface area (Å²) >= 11 is 0. The number of benzene rings is 2. The number of fused-ring (bicyclic) bond motifs is 1. The maximum absolute atomic E-state index is 4.58. The molecule has 0 unspecified atom stereocenters. The van der Waals surface area contributed by atoms with Crippen LogP contribution in [-0.4, -0.2) is 0 Å². The van der Waals surface area contributed by atoms with E-state index in [1.54, 1.807) is 25.1 Å². The van der Waals surface area contributed by atoms with Crippen LogP contribution in [0.25, 0.3) is 10.8 Å². The number of hydrogen-bond donors (Lipinski definition) is 0. The summed E-state index contributed by atoms with van der Waals surface area (Å²) in [5.41, 5.74) is 0. The van der Waals surface area contributed by atoms with Crippen LogP contribution in [0.15, 0.2) is 107 Å². The number of furan rings is 2. The maximum atomic E-state index is 4.58. The Balaban J connectivity index is 0.000000124. The fourth-order valence-corrected chi connectivity index (χ4v) is 1.59. The van der Waals surface area contributed by atoms with E-state index in [0.29, 0.717) is 0 Å². The Labute approximate surface area is 118 Å². The van der Waals surface area contributed by atoms with Crippen molar-refractivity contribution < 1.29 is 8.83 Å². The van der Waals surface area contributed by atoms with Crippen LogP contribution in [0, 0.1) is 0 Å². The van der Waals surface area contributed by atoms with Gasteiger partial charge in [-0.2, -0.15) is 0 Å². The summed E-state index contributed by atoms with van der Waals surface area (Å²) in [4.78, 5) is 0. The van der Waals surface area contributed by atoms with Crippen molar-refractivity contribution in [3.05, 3.63) is 97.8 Å². The lowest BCUT2D eigenvalue weighted by Gasteiger charge is -1.92. The first-order chi connectivity index (χ1) is 9.97. The molecule has 2 heteroatoms. The second-order valence-electron chi connectivity index (χ2n) is 3.93. The van der Waals surface area contributed by atoms with Crippen LogP contribution in [0.5, 0.6) is 0 Å². The van der Waals surface area contributed by atoms with E-state index in [0.717, 1.165) is 0 Å². The molecule has 0 N–H and O–H groups in total. The van der Waals surface area contributed by atoms with Crippen molar-refractivity contribution in [2.24, 2.45) is 0 Å². The number of rotatable bonds is 0. The fraction of sp³-hybridized carbons (Fsp3) is 0. The van der Waals surface area contributed by atoms with Gasteiger partial charge in [0.15, 0.2) is 0 Å². The van der Waals surface area contributed by atoms with Crippen molar-refractivity contribution in [3.8, 4) is 0 Å². The molecule has 0 spiro atoms. The molecule has 4 aromatic rings. The molecule has 0 bridgehead atoms. The van der Waals surface area contributed by atoms with Crippen molar-refractivity contribution in [1.29, 1.82) is 0 Å². The summed E-state index contributed by atoms with van der Waals surface area (Å²) in [6.07, 6.45) is 6.50. The van der Waals surface area contributed by atoms with E-state index < -0.39 is 0 Å². The largest absolute Gasteiger partial charge is 0.473 e. The zero-order valence-corrected chi connectivity index (χ0v) is 11.1. The van der Waals surface area contributed by atoms with Gasteiger partial charge in [0, 0.05) is 0 Å². The molecule has 2 aromatic carbocycles. The van der Waals surface area contributed by atoms with Crippen molar-refractivity contribution >= 4 is 10.8 Å². The molecule has 2 heterocycles. The van der Waals surface area contributed by atoms with Gasteiger partial charge in [-0.25, -0.2) is 0 Å². The van der Waals surface area contributed by atoms with Gasteiger partial charge < -0.3 is 8.83 Å². The molecule has 0 aliphatic heterocycles. The van der Waals surface area contributed by atoms with Gasteiger partial charge >= 0.3 is 0 Å². The third kappa shape index (κ3) is 4.86. The minimum atomic E-state index is 1.31. The van der Waals surface area contributed by atoms with Gasteiger partial charge in [0.05, 0.1) is 25.1 Å². The first-order valence-electron chi connectivity index (χ1n) is 6.35. The molecule has 0 atom stereocenters. The molecule has 20 heavy (non-hydrogen) atoms. The van der Waals surface area contributed by atoms with Gasteiger partial charge in [-0.05, 0) is 35.0 Å². The average Bonchev–Trinajstić information content (AvgIpc) is 3.25. The molecular formula is C18H16O2. The SMILES string of the molecule is c1ccc2ccccc2c1.c1ccoc1.c1ccoc1. The van der Waals surface area contributed by atoms with Gasteiger partial charge in [0.2, 0.25) is 0 Å². The van der Waals surface area contributed by atoms with Gasteiger partial charge in [-0.1, -0.05) is 48.5 Å². The quantitative estimate of drug-likeness (QED) is 0.425. The summed E-state index contributed by atoms with van der Waals surface area (Å²) in [6, 6.07) is 24.0. The molecule has 0 amide bonds. The summed E-state index contributed by atoms with van der Waals surface area (Å²) < 4.78 is 9.17. The van der Waals surface area contributed by atoms with Crippen molar-refractivity contribution in [2.45, 2.75) is 0 Å². The van der Waals surface area contributed by atoms with E-state index in [-0.39, 0.29) is 0 Å². The van der Waals surface area contributed by atoms with Crippen LogP contribution in [0.2, 0.25) is 0 Å². The highest BCUT2D eigenvalue weighted by molar-refractivity contribution is 5.81. The van der Waals surface area contributed by atoms with Gasteiger partial charge in [0.1, 0.15) is 0 Å². The molecule has 2 nitrogen and oxygen atoms in total. The molecular weight excluding hydrogens is 248 g/mol. The lowest BCUT2D eigenvalue weighted by Crippen LogP contribution is -1.67. The normalized spacial score (nSPS) is 9.00. The Morgan fingerprint density at radius 1 is 0.400 bits per heavy atom. The predicted molar refractivity (Wildman–Crippen MR) is 81.4 cm³/mol. The highest BCUT2D eigenvalue weighted by Gasteiger charge is 1.85. The molecule has 0 radical (unpaired) electrons. The van der Waals surface area contributed by atoms with E-state index in [2.05, 4.69) is 57.4 Å². The molecule has 0 saturated carbocycles. The van der Waals surface area contributed by atoms with Crippen molar-refractivity contribution in [3.63, 3.8) is 0 Å². The minimum Gasteiger partial charge on any atom is -0.473 e. The van der Waals surface area contributed by atoms with Crippen LogP contribution in [0.3, 0.4) is 0 Å². The van der Waals surface area contributed by atoms with E-state index in [1.165, 1.54) is 10.8 Å². The topological polar surface area (TPSA) is 26.3 Å². The lowest BCUT2D eigenvalue weighted by atomic mass is 10.1. The molecule has 2 aromatic heterocycles. The smallest absolute Gasteiger partial charge is 0.0902 e. The molecule has 100 valence electrons. The van der Waals surface area contributed by atoms with Gasteiger partial charge in [-0.15, -0.1) is 0 Å². The summed E-state index contributed by atoms with van der Waals surface area (Å²) in [6.45, 7) is 0. The standard InChI is InChI=1S/C10H8.2C4H4O/c1-2-6-10-8-4-3-7-9(10)5-1;2*1-2-4-5-3-1/h1-8H;2*1-4H. The van der Waals surface area contributed by atoms with E-state index in [9.17, 15) is 0 Å². The highest BCUT2D eigenvalue weighted by Crippen LogP contribution is 2.11. The molecule has 0 aliphatic rings. The molecule has 4 rings (SSSR count). The Hall–Kier alpha value is -2.74. The van der Waals surface area contributed by atoms with Gasteiger partial charge in [-0.3, -0.25) is 0 Å². The predicted octanol–water partition coefficient (Wildman–Crippen LogP) is 5.40. The van der Waals surface area contributed by atoms with Crippen LogP contribution in [0.4, 0.5) is 0 Å². The Morgan fingerprint density at radius 3 is 0.900 bits per heavy atom. The summed E-state index contributed by atoms with van der Waals surface area (Å²) in [5, 5.41) is 2.62. The second kappa shape index (κ2) is 8.38. The summed E-state index contributed by atoms with van der Waals surface area (Å²) in [5.74, 6) is 0. The highest BCUT2D eigenvalue weighted by atomic mass is 16.3. The molecule has 0 saturated heterocycles. The third-order valence-electron chi connectivity index (χ3n) is 2.51. The van der Waals surface area contributed by atoms with Crippen molar-refractivity contribution in [1.82, 2.24) is 0 Å². The lowest BCUT2D eigenvalue weighted by molar-refractivity contribution is 0.567. The zero-order valence-electron chi connectivity index (χ0n) is 11.1. The Kier molecular flexibility index (Phi) is 5.73. The van der Waals surface area contributed by atoms with Crippen LogP contribution >= 0.6 is 0 Å². The fourth-order valence-electron chi connectivity index (χ4n) is 1.59. The van der Waals surface area contributed by atoms with Crippen molar-refractivity contribution in [2.75, 3.05) is 0 Å². The average molecular weight is 264 g/mol. The van der Waals surface area contributed by atoms with E-state index in [1.807, 2.05) is 24.3 Å². The van der Waals surface area contributed by atoms with E-state index in [4.69, 9.17) is 0 Å². The summed E-state index contributed by atoms with van der Waals surface area (Å²) in [7, 11) is 0. The first kappa shape index (κ1) is 13.7. The minimum absolute atomic E-state index is 1.31. The molecule has 0 fully saturated rings. The van der Waals surface area contributed by atoms with E-state index >= 15 is 0 Å². The van der Waals surface area contributed by atoms with Crippen LogP contribution in [-0.2, 0) is 0 Å².